The lowest BCUT2D eigenvalue weighted by atomic mass is 10.2. The summed E-state index contributed by atoms with van der Waals surface area (Å²) in [5, 5.41) is 7.77. The fraction of sp³-hybridized carbons (Fsp3) is 0.462. The van der Waals surface area contributed by atoms with Crippen LogP contribution in [0, 0.1) is 0 Å². The van der Waals surface area contributed by atoms with E-state index in [0.717, 1.165) is 5.56 Å². The molecule has 0 aliphatic carbocycles. The number of methoxy groups -OCH3 is 1. The highest BCUT2D eigenvalue weighted by Crippen LogP contribution is 2.08. The molecule has 0 fully saturated rings. The molecule has 1 atom stereocenters. The van der Waals surface area contributed by atoms with E-state index >= 15 is 0 Å². The van der Waals surface area contributed by atoms with E-state index in [2.05, 4.69) is 20.9 Å². The van der Waals surface area contributed by atoms with Crippen LogP contribution in [0.4, 0.5) is 4.79 Å². The first-order valence-electron chi connectivity index (χ1n) is 6.37. The van der Waals surface area contributed by atoms with Crippen molar-refractivity contribution in [2.75, 3.05) is 13.7 Å². The van der Waals surface area contributed by atoms with Crippen LogP contribution < -0.4 is 20.7 Å². The topological polar surface area (TPSA) is 92.4 Å². The number of aromatic nitrogens is 1. The molecule has 0 aliphatic rings. The average Bonchev–Trinajstić information content (AvgIpc) is 2.45. The van der Waals surface area contributed by atoms with Crippen molar-refractivity contribution in [2.45, 2.75) is 26.4 Å². The van der Waals surface area contributed by atoms with Gasteiger partial charge >= 0.3 is 6.03 Å². The summed E-state index contributed by atoms with van der Waals surface area (Å²) >= 11 is 0. The number of amides is 3. The van der Waals surface area contributed by atoms with E-state index in [-0.39, 0.29) is 5.91 Å². The Labute approximate surface area is 118 Å². The molecule has 1 rings (SSSR count). The van der Waals surface area contributed by atoms with Crippen molar-refractivity contribution in [1.82, 2.24) is 20.9 Å². The van der Waals surface area contributed by atoms with E-state index in [9.17, 15) is 9.59 Å². The second kappa shape index (κ2) is 8.11. The summed E-state index contributed by atoms with van der Waals surface area (Å²) in [6.07, 6.45) is 1.63. The van der Waals surface area contributed by atoms with E-state index in [4.69, 9.17) is 4.74 Å². The van der Waals surface area contributed by atoms with Crippen LogP contribution in [0.25, 0.3) is 0 Å². The van der Waals surface area contributed by atoms with Gasteiger partial charge in [-0.05, 0) is 25.5 Å². The molecule has 0 aromatic carbocycles. The van der Waals surface area contributed by atoms with Gasteiger partial charge < -0.3 is 15.4 Å². The number of nitrogens with zero attached hydrogens (tertiary/aromatic N) is 1. The monoisotopic (exact) mass is 280 g/mol. The molecular weight excluding hydrogens is 260 g/mol. The van der Waals surface area contributed by atoms with Gasteiger partial charge in [0.25, 0.3) is 0 Å². The lowest BCUT2D eigenvalue weighted by Crippen LogP contribution is -2.47. The molecule has 3 N–H and O–H groups in total. The van der Waals surface area contributed by atoms with Gasteiger partial charge in [0.05, 0.1) is 13.2 Å². The molecule has 0 bridgehead atoms. The highest BCUT2D eigenvalue weighted by molar-refractivity contribution is 5.96. The van der Waals surface area contributed by atoms with Crippen LogP contribution in [-0.4, -0.2) is 36.6 Å². The van der Waals surface area contributed by atoms with Crippen molar-refractivity contribution in [3.63, 3.8) is 0 Å². The number of hydrogen-bond acceptors (Lipinski definition) is 5. The van der Waals surface area contributed by atoms with E-state index in [1.165, 1.54) is 0 Å². The van der Waals surface area contributed by atoms with Crippen LogP contribution in [0.5, 0.6) is 5.88 Å². The van der Waals surface area contributed by atoms with Gasteiger partial charge in [0.1, 0.15) is 0 Å². The number of nitrogens with one attached hydrogen (secondary N) is 3. The normalized spacial score (nSPS) is 11.6. The van der Waals surface area contributed by atoms with Crippen LogP contribution in [0.2, 0.25) is 0 Å². The first kappa shape index (κ1) is 15.9. The van der Waals surface area contributed by atoms with Crippen LogP contribution in [0.15, 0.2) is 18.3 Å². The Morgan fingerprint density at radius 3 is 2.85 bits per heavy atom. The summed E-state index contributed by atoms with van der Waals surface area (Å²) in [5.74, 6) is 0.140. The Morgan fingerprint density at radius 2 is 2.20 bits per heavy atom. The molecule has 3 amide bonds. The predicted molar refractivity (Wildman–Crippen MR) is 74.3 cm³/mol. The second-order valence-corrected chi connectivity index (χ2v) is 4.16. The summed E-state index contributed by atoms with van der Waals surface area (Å²) in [5.41, 5.74) is 0.939. The van der Waals surface area contributed by atoms with Crippen molar-refractivity contribution in [3.05, 3.63) is 23.9 Å². The van der Waals surface area contributed by atoms with Crippen molar-refractivity contribution in [1.29, 1.82) is 0 Å². The highest BCUT2D eigenvalue weighted by Gasteiger charge is 2.14. The summed E-state index contributed by atoms with van der Waals surface area (Å²) in [7, 11) is 1.54. The number of carbonyl (C=O) groups excluding carboxylic acids is 2. The number of rotatable bonds is 6. The first-order chi connectivity index (χ1) is 9.56. The van der Waals surface area contributed by atoms with Crippen molar-refractivity contribution in [2.24, 2.45) is 0 Å². The van der Waals surface area contributed by atoms with Gasteiger partial charge in [0, 0.05) is 25.4 Å². The molecule has 1 aromatic heterocycles. The third-order valence-corrected chi connectivity index (χ3v) is 2.59. The zero-order valence-corrected chi connectivity index (χ0v) is 11.9. The number of urea groups is 1. The van der Waals surface area contributed by atoms with Gasteiger partial charge in [-0.2, -0.15) is 0 Å². The molecule has 110 valence electrons. The molecule has 0 spiro atoms. The number of pyridine rings is 1. The second-order valence-electron chi connectivity index (χ2n) is 4.16. The molecule has 1 unspecified atom stereocenters. The van der Waals surface area contributed by atoms with Crippen molar-refractivity contribution < 1.29 is 14.3 Å². The van der Waals surface area contributed by atoms with Crippen LogP contribution in [-0.2, 0) is 11.3 Å². The van der Waals surface area contributed by atoms with Gasteiger partial charge in [-0.25, -0.2) is 9.78 Å². The third-order valence-electron chi connectivity index (χ3n) is 2.59. The van der Waals surface area contributed by atoms with Gasteiger partial charge in [0.2, 0.25) is 11.8 Å². The fourth-order valence-corrected chi connectivity index (χ4v) is 1.46. The van der Waals surface area contributed by atoms with Crippen LogP contribution in [0.1, 0.15) is 19.4 Å². The Kier molecular flexibility index (Phi) is 6.45. The largest absolute Gasteiger partial charge is 0.481 e. The number of imide groups is 1. The molecular formula is C13H20N4O3. The molecule has 0 saturated carbocycles. The van der Waals surface area contributed by atoms with E-state index in [0.29, 0.717) is 19.0 Å². The lowest BCUT2D eigenvalue weighted by Gasteiger charge is -2.13. The number of hydrogen-bond donors (Lipinski definition) is 3. The molecule has 20 heavy (non-hydrogen) atoms. The van der Waals surface area contributed by atoms with E-state index < -0.39 is 12.1 Å². The smallest absolute Gasteiger partial charge is 0.321 e. The number of ether oxygens (including phenoxy) is 1. The van der Waals surface area contributed by atoms with Crippen LogP contribution in [0.3, 0.4) is 0 Å². The van der Waals surface area contributed by atoms with Gasteiger partial charge in [-0.3, -0.25) is 10.1 Å². The maximum Gasteiger partial charge on any atom is 0.321 e. The molecule has 1 aromatic rings. The maximum atomic E-state index is 11.7. The van der Waals surface area contributed by atoms with Crippen LogP contribution >= 0.6 is 0 Å². The van der Waals surface area contributed by atoms with E-state index in [1.807, 2.05) is 6.07 Å². The molecule has 0 radical (unpaired) electrons. The first-order valence-corrected chi connectivity index (χ1v) is 6.37. The highest BCUT2D eigenvalue weighted by atomic mass is 16.5. The summed E-state index contributed by atoms with van der Waals surface area (Å²) in [4.78, 5) is 26.9. The lowest BCUT2D eigenvalue weighted by molar-refractivity contribution is -0.121. The molecule has 7 nitrogen and oxygen atoms in total. The maximum absolute atomic E-state index is 11.7. The quantitative estimate of drug-likeness (QED) is 0.702. The van der Waals surface area contributed by atoms with E-state index in [1.54, 1.807) is 33.2 Å². The van der Waals surface area contributed by atoms with Gasteiger partial charge in [0.15, 0.2) is 0 Å². The SMILES string of the molecule is CCNC(=O)NC(=O)C(C)NCc1ccnc(OC)c1. The average molecular weight is 280 g/mol. The molecule has 0 aliphatic heterocycles. The van der Waals surface area contributed by atoms with Gasteiger partial charge in [-0.15, -0.1) is 0 Å². The standard InChI is InChI=1S/C13H20N4O3/c1-4-14-13(19)17-12(18)9(2)16-8-10-5-6-15-11(7-10)20-3/h5-7,9,16H,4,8H2,1-3H3,(H2,14,17,18,19). The summed E-state index contributed by atoms with van der Waals surface area (Å²) in [6.45, 7) is 4.41. The Balaban J connectivity index is 2.43. The zero-order valence-electron chi connectivity index (χ0n) is 11.9. The molecule has 7 heteroatoms. The summed E-state index contributed by atoms with van der Waals surface area (Å²) in [6, 6.07) is 2.62. The summed E-state index contributed by atoms with van der Waals surface area (Å²) < 4.78 is 5.02. The van der Waals surface area contributed by atoms with Gasteiger partial charge in [-0.1, -0.05) is 0 Å². The minimum absolute atomic E-state index is 0.378. The minimum atomic E-state index is -0.489. The fourth-order valence-electron chi connectivity index (χ4n) is 1.46. The third kappa shape index (κ3) is 5.23. The molecule has 0 saturated heterocycles. The van der Waals surface area contributed by atoms with Crippen molar-refractivity contribution >= 4 is 11.9 Å². The Hall–Kier alpha value is -2.15. The predicted octanol–water partition coefficient (Wildman–Crippen LogP) is 0.414. The minimum Gasteiger partial charge on any atom is -0.481 e. The Bertz CT molecular complexity index is 465. The van der Waals surface area contributed by atoms with Crippen molar-refractivity contribution in [3.8, 4) is 5.88 Å². The molecule has 1 heterocycles. The number of carbonyl (C=O) groups is 2. The Morgan fingerprint density at radius 1 is 1.45 bits per heavy atom. The zero-order chi connectivity index (χ0) is 15.0.